The van der Waals surface area contributed by atoms with Gasteiger partial charge in [0.05, 0.1) is 0 Å². The minimum Gasteiger partial charge on any atom is -0.409 e. The van der Waals surface area contributed by atoms with Crippen LogP contribution in [0.3, 0.4) is 0 Å². The Bertz CT molecular complexity index is 265. The van der Waals surface area contributed by atoms with Gasteiger partial charge in [0.1, 0.15) is 5.84 Å². The van der Waals surface area contributed by atoms with Gasteiger partial charge in [-0.25, -0.2) is 0 Å². The Kier molecular flexibility index (Phi) is 3.66. The van der Waals surface area contributed by atoms with Crippen molar-refractivity contribution in [3.8, 4) is 0 Å². The van der Waals surface area contributed by atoms with Crippen LogP contribution in [-0.4, -0.2) is 47.2 Å². The summed E-state index contributed by atoms with van der Waals surface area (Å²) in [6, 6.07) is 1.72. The van der Waals surface area contributed by atoms with Gasteiger partial charge >= 0.3 is 0 Å². The third kappa shape index (κ3) is 3.09. The summed E-state index contributed by atoms with van der Waals surface area (Å²) in [4.78, 5) is 2.58. The summed E-state index contributed by atoms with van der Waals surface area (Å²) in [7, 11) is 0. The first-order chi connectivity index (χ1) is 7.69. The molecule has 0 amide bonds. The molecule has 0 aromatic rings. The van der Waals surface area contributed by atoms with Crippen LogP contribution < -0.4 is 11.1 Å². The summed E-state index contributed by atoms with van der Waals surface area (Å²) in [6.45, 7) is 4.46. The Hall–Kier alpha value is -0.810. The van der Waals surface area contributed by atoms with Gasteiger partial charge in [0.25, 0.3) is 0 Å². The minimum atomic E-state index is 0.278. The second kappa shape index (κ2) is 5.01. The van der Waals surface area contributed by atoms with Crippen LogP contribution in [-0.2, 0) is 0 Å². The van der Waals surface area contributed by atoms with Gasteiger partial charge in [0.15, 0.2) is 0 Å². The molecule has 16 heavy (non-hydrogen) atoms. The second-order valence-corrected chi connectivity index (χ2v) is 5.07. The van der Waals surface area contributed by atoms with Gasteiger partial charge in [-0.2, -0.15) is 0 Å². The number of nitrogens with one attached hydrogen (secondary N) is 1. The molecular weight excluding hydrogens is 204 g/mol. The Labute approximate surface area is 96.7 Å². The summed E-state index contributed by atoms with van der Waals surface area (Å²) < 4.78 is 0. The Morgan fingerprint density at radius 1 is 1.56 bits per heavy atom. The number of oxime groups is 1. The molecule has 0 bridgehead atoms. The van der Waals surface area contributed by atoms with Crippen LogP contribution in [0, 0.1) is 0 Å². The molecule has 0 aromatic heterocycles. The number of hydrogen-bond acceptors (Lipinski definition) is 4. The predicted octanol–water partition coefficient (Wildman–Crippen LogP) is 0.338. The summed E-state index contributed by atoms with van der Waals surface area (Å²) in [5.74, 6) is 0.303. The molecule has 1 saturated heterocycles. The monoisotopic (exact) mass is 226 g/mol. The van der Waals surface area contributed by atoms with Gasteiger partial charge in [-0.3, -0.25) is 4.90 Å². The summed E-state index contributed by atoms with van der Waals surface area (Å²) >= 11 is 0. The fraction of sp³-hybridized carbons (Fsp3) is 0.909. The standard InChI is InChI=1S/C11H22N4O/c1-8(6-11(12)14-16)13-9-4-5-15(7-9)10-2-3-10/h8-10,13,16H,2-7H2,1H3,(H2,12,14). The van der Waals surface area contributed by atoms with E-state index in [9.17, 15) is 0 Å². The molecule has 5 heteroatoms. The van der Waals surface area contributed by atoms with Crippen LogP contribution in [0.4, 0.5) is 0 Å². The Balaban J connectivity index is 1.69. The molecule has 1 aliphatic carbocycles. The molecule has 0 aromatic carbocycles. The maximum atomic E-state index is 8.49. The maximum absolute atomic E-state index is 8.49. The zero-order valence-electron chi connectivity index (χ0n) is 9.89. The number of hydrogen-bond donors (Lipinski definition) is 3. The molecule has 1 heterocycles. The maximum Gasteiger partial charge on any atom is 0.140 e. The molecule has 2 unspecified atom stereocenters. The first-order valence-corrected chi connectivity index (χ1v) is 6.15. The van der Waals surface area contributed by atoms with E-state index in [4.69, 9.17) is 10.9 Å². The lowest BCUT2D eigenvalue weighted by Crippen LogP contribution is -2.40. The largest absolute Gasteiger partial charge is 0.409 e. The smallest absolute Gasteiger partial charge is 0.140 e. The Morgan fingerprint density at radius 2 is 2.31 bits per heavy atom. The van der Waals surface area contributed by atoms with Gasteiger partial charge in [-0.1, -0.05) is 5.16 Å². The van der Waals surface area contributed by atoms with Crippen LogP contribution in [0.15, 0.2) is 5.16 Å². The minimum absolute atomic E-state index is 0.278. The highest BCUT2D eigenvalue weighted by molar-refractivity contribution is 5.80. The zero-order valence-corrected chi connectivity index (χ0v) is 9.89. The van der Waals surface area contributed by atoms with E-state index in [1.54, 1.807) is 0 Å². The van der Waals surface area contributed by atoms with Crippen molar-refractivity contribution in [2.75, 3.05) is 13.1 Å². The summed E-state index contributed by atoms with van der Waals surface area (Å²) in [5.41, 5.74) is 5.48. The van der Waals surface area contributed by atoms with Crippen molar-refractivity contribution >= 4 is 5.84 Å². The molecule has 2 rings (SSSR count). The Morgan fingerprint density at radius 3 is 2.94 bits per heavy atom. The van der Waals surface area contributed by atoms with Crippen LogP contribution in [0.25, 0.3) is 0 Å². The van der Waals surface area contributed by atoms with Crippen molar-refractivity contribution in [1.82, 2.24) is 10.2 Å². The molecule has 5 nitrogen and oxygen atoms in total. The molecule has 4 N–H and O–H groups in total. The molecule has 0 radical (unpaired) electrons. The molecule has 1 aliphatic heterocycles. The van der Waals surface area contributed by atoms with E-state index >= 15 is 0 Å². The molecular formula is C11H22N4O. The molecule has 2 fully saturated rings. The van der Waals surface area contributed by atoms with Crippen molar-refractivity contribution in [3.05, 3.63) is 0 Å². The second-order valence-electron chi connectivity index (χ2n) is 5.07. The van der Waals surface area contributed by atoms with Crippen LogP contribution >= 0.6 is 0 Å². The van der Waals surface area contributed by atoms with Crippen molar-refractivity contribution in [1.29, 1.82) is 0 Å². The summed E-state index contributed by atoms with van der Waals surface area (Å²) in [6.07, 6.45) is 4.59. The van der Waals surface area contributed by atoms with E-state index in [0.29, 0.717) is 18.3 Å². The fourth-order valence-electron chi connectivity index (χ4n) is 2.51. The topological polar surface area (TPSA) is 73.9 Å². The normalized spacial score (nSPS) is 29.6. The molecule has 92 valence electrons. The molecule has 2 atom stereocenters. The lowest BCUT2D eigenvalue weighted by molar-refractivity contribution is 0.310. The highest BCUT2D eigenvalue weighted by Crippen LogP contribution is 2.29. The number of nitrogens with two attached hydrogens (primary N) is 1. The van der Waals surface area contributed by atoms with Crippen LogP contribution in [0.1, 0.15) is 32.6 Å². The van der Waals surface area contributed by atoms with Crippen molar-refractivity contribution in [2.45, 2.75) is 50.7 Å². The zero-order chi connectivity index (χ0) is 11.5. The summed E-state index contributed by atoms with van der Waals surface area (Å²) in [5, 5.41) is 15.0. The number of rotatable bonds is 5. The van der Waals surface area contributed by atoms with Gasteiger partial charge in [0, 0.05) is 37.6 Å². The van der Waals surface area contributed by atoms with Gasteiger partial charge < -0.3 is 16.3 Å². The first kappa shape index (κ1) is 11.7. The van der Waals surface area contributed by atoms with E-state index < -0.39 is 0 Å². The lowest BCUT2D eigenvalue weighted by atomic mass is 10.1. The predicted molar refractivity (Wildman–Crippen MR) is 63.6 cm³/mol. The third-order valence-corrected chi connectivity index (χ3v) is 3.45. The number of likely N-dealkylation sites (tertiary alicyclic amines) is 1. The van der Waals surface area contributed by atoms with Crippen molar-refractivity contribution in [3.63, 3.8) is 0 Å². The first-order valence-electron chi connectivity index (χ1n) is 6.15. The number of nitrogens with zero attached hydrogens (tertiary/aromatic N) is 2. The highest BCUT2D eigenvalue weighted by atomic mass is 16.4. The fourth-order valence-corrected chi connectivity index (χ4v) is 2.51. The van der Waals surface area contributed by atoms with Gasteiger partial charge in [0.2, 0.25) is 0 Å². The molecule has 0 spiro atoms. The van der Waals surface area contributed by atoms with Crippen LogP contribution in [0.5, 0.6) is 0 Å². The number of amidine groups is 1. The van der Waals surface area contributed by atoms with Crippen LogP contribution in [0.2, 0.25) is 0 Å². The van der Waals surface area contributed by atoms with E-state index in [2.05, 4.69) is 22.3 Å². The van der Waals surface area contributed by atoms with Gasteiger partial charge in [-0.05, 0) is 26.2 Å². The average molecular weight is 226 g/mol. The lowest BCUT2D eigenvalue weighted by Gasteiger charge is -2.19. The highest BCUT2D eigenvalue weighted by Gasteiger charge is 2.34. The average Bonchev–Trinajstić information content (AvgIpc) is 3.00. The van der Waals surface area contributed by atoms with Crippen molar-refractivity contribution in [2.24, 2.45) is 10.9 Å². The van der Waals surface area contributed by atoms with E-state index in [0.717, 1.165) is 12.6 Å². The SMILES string of the molecule is CC(CC(N)=NO)NC1CCN(C2CC2)C1. The third-order valence-electron chi connectivity index (χ3n) is 3.45. The molecule has 1 saturated carbocycles. The quantitative estimate of drug-likeness (QED) is 0.273. The van der Waals surface area contributed by atoms with Gasteiger partial charge in [-0.15, -0.1) is 0 Å². The van der Waals surface area contributed by atoms with Crippen molar-refractivity contribution < 1.29 is 5.21 Å². The van der Waals surface area contributed by atoms with E-state index in [1.807, 2.05) is 0 Å². The van der Waals surface area contributed by atoms with E-state index in [1.165, 1.54) is 25.8 Å². The van der Waals surface area contributed by atoms with E-state index in [-0.39, 0.29) is 6.04 Å². The molecule has 2 aliphatic rings.